The van der Waals surface area contributed by atoms with Gasteiger partial charge in [-0.15, -0.1) is 0 Å². The predicted octanol–water partition coefficient (Wildman–Crippen LogP) is 2.79. The van der Waals surface area contributed by atoms with E-state index in [0.29, 0.717) is 25.6 Å². The van der Waals surface area contributed by atoms with Crippen LogP contribution in [0, 0.1) is 5.92 Å². The smallest absolute Gasteiger partial charge is 0.222 e. The number of aromatic nitrogens is 3. The van der Waals surface area contributed by atoms with E-state index in [2.05, 4.69) is 20.9 Å². The Hall–Kier alpha value is -2.67. The zero-order chi connectivity index (χ0) is 19.0. The third-order valence-corrected chi connectivity index (χ3v) is 5.07. The Morgan fingerprint density at radius 3 is 3.00 bits per heavy atom. The van der Waals surface area contributed by atoms with Gasteiger partial charge in [0.05, 0.1) is 23.7 Å². The minimum atomic E-state index is 0.00838. The first kappa shape index (κ1) is 17.7. The highest BCUT2D eigenvalue weighted by Crippen LogP contribution is 2.34. The zero-order valence-corrected chi connectivity index (χ0v) is 15.7. The number of nitrogens with zero attached hydrogens (tertiary/aromatic N) is 3. The number of hydrogen-bond donors (Lipinski definition) is 2. The number of nitrogens with one attached hydrogen (secondary N) is 1. The summed E-state index contributed by atoms with van der Waals surface area (Å²) >= 11 is 0. The minimum absolute atomic E-state index is 0.00838. The molecular weight excluding hydrogens is 342 g/mol. The first-order valence-electron chi connectivity index (χ1n) is 9.46. The Morgan fingerprint density at radius 1 is 1.37 bits per heavy atom. The lowest BCUT2D eigenvalue weighted by Crippen LogP contribution is -2.30. The molecule has 3 N–H and O–H groups in total. The number of ether oxygens (including phenoxy) is 1. The summed E-state index contributed by atoms with van der Waals surface area (Å²) in [4.78, 5) is 20.9. The van der Waals surface area contributed by atoms with Crippen molar-refractivity contribution in [1.29, 1.82) is 0 Å². The molecule has 0 unspecified atom stereocenters. The molecule has 1 atom stereocenters. The van der Waals surface area contributed by atoms with Crippen LogP contribution in [-0.4, -0.2) is 33.6 Å². The van der Waals surface area contributed by atoms with Gasteiger partial charge in [0.1, 0.15) is 17.9 Å². The minimum Gasteiger partial charge on any atom is -0.382 e. The molecule has 1 aliphatic rings. The van der Waals surface area contributed by atoms with E-state index in [0.717, 1.165) is 40.6 Å². The number of nitrogen functional groups attached to an aromatic ring is 1. The van der Waals surface area contributed by atoms with Gasteiger partial charge in [-0.25, -0.2) is 9.97 Å². The highest BCUT2D eigenvalue weighted by molar-refractivity contribution is 6.06. The average molecular weight is 367 g/mol. The molecule has 2 aromatic heterocycles. The van der Waals surface area contributed by atoms with Crippen LogP contribution in [-0.2, 0) is 16.1 Å². The van der Waals surface area contributed by atoms with Crippen molar-refractivity contribution in [3.63, 3.8) is 0 Å². The third-order valence-electron chi connectivity index (χ3n) is 5.07. The molecule has 1 aliphatic heterocycles. The number of para-hydroxylation sites is 1. The molecule has 0 fully saturated rings. The highest BCUT2D eigenvalue weighted by atomic mass is 16.5. The Labute approximate surface area is 157 Å². The summed E-state index contributed by atoms with van der Waals surface area (Å²) in [5.41, 5.74) is 8.84. The molecule has 3 heterocycles. The molecule has 27 heavy (non-hydrogen) atoms. The average Bonchev–Trinajstić information content (AvgIpc) is 3.06. The Kier molecular flexibility index (Phi) is 4.70. The molecular formula is C20H25N5O2. The van der Waals surface area contributed by atoms with Gasteiger partial charge >= 0.3 is 0 Å². The Bertz CT molecular complexity index is 995. The van der Waals surface area contributed by atoms with E-state index in [1.165, 1.54) is 0 Å². The molecule has 0 saturated carbocycles. The lowest BCUT2D eigenvalue weighted by Gasteiger charge is -2.26. The standard InChI is InChI=1S/C20H25N5O2/c1-12(2)20(26)22-9-5-6-13-10-27-11-16-24-17-18(25(13)16)14-7-3-4-8-15(14)23-19(17)21/h3-4,7-8,12-13H,5-6,9-11H2,1-2H3,(H2,21,23)(H,22,26)/t13-/m1/s1. The molecule has 1 amide bonds. The molecule has 0 spiro atoms. The van der Waals surface area contributed by atoms with Gasteiger partial charge < -0.3 is 20.4 Å². The van der Waals surface area contributed by atoms with Crippen LogP contribution in [0.15, 0.2) is 24.3 Å². The first-order valence-corrected chi connectivity index (χ1v) is 9.46. The van der Waals surface area contributed by atoms with Crippen LogP contribution in [0.2, 0.25) is 0 Å². The summed E-state index contributed by atoms with van der Waals surface area (Å²) in [6.45, 7) is 5.58. The summed E-state index contributed by atoms with van der Waals surface area (Å²) in [6, 6.07) is 8.18. The van der Waals surface area contributed by atoms with E-state index in [-0.39, 0.29) is 17.9 Å². The van der Waals surface area contributed by atoms with Gasteiger partial charge in [0.25, 0.3) is 0 Å². The van der Waals surface area contributed by atoms with Crippen LogP contribution in [0.1, 0.15) is 38.6 Å². The molecule has 3 aromatic rings. The van der Waals surface area contributed by atoms with E-state index < -0.39 is 0 Å². The predicted molar refractivity (Wildman–Crippen MR) is 105 cm³/mol. The number of amides is 1. The topological polar surface area (TPSA) is 95.1 Å². The number of rotatable bonds is 5. The van der Waals surface area contributed by atoms with Crippen molar-refractivity contribution in [3.8, 4) is 0 Å². The number of pyridine rings is 1. The van der Waals surface area contributed by atoms with Crippen molar-refractivity contribution in [3.05, 3.63) is 30.1 Å². The maximum absolute atomic E-state index is 11.7. The Morgan fingerprint density at radius 2 is 2.19 bits per heavy atom. The van der Waals surface area contributed by atoms with Crippen LogP contribution >= 0.6 is 0 Å². The summed E-state index contributed by atoms with van der Waals surface area (Å²) in [5, 5.41) is 4.04. The highest BCUT2D eigenvalue weighted by Gasteiger charge is 2.26. The van der Waals surface area contributed by atoms with Gasteiger partial charge in [-0.3, -0.25) is 4.79 Å². The molecule has 0 saturated heterocycles. The lowest BCUT2D eigenvalue weighted by atomic mass is 10.1. The van der Waals surface area contributed by atoms with E-state index in [4.69, 9.17) is 15.5 Å². The van der Waals surface area contributed by atoms with E-state index in [1.54, 1.807) is 0 Å². The number of hydrogen-bond acceptors (Lipinski definition) is 5. The number of benzene rings is 1. The van der Waals surface area contributed by atoms with Gasteiger partial charge in [-0.05, 0) is 18.9 Å². The van der Waals surface area contributed by atoms with E-state index >= 15 is 0 Å². The van der Waals surface area contributed by atoms with Gasteiger partial charge in [0, 0.05) is 17.8 Å². The second kappa shape index (κ2) is 7.15. The molecule has 7 heteroatoms. The largest absolute Gasteiger partial charge is 0.382 e. The van der Waals surface area contributed by atoms with Crippen LogP contribution < -0.4 is 11.1 Å². The molecule has 1 aromatic carbocycles. The summed E-state index contributed by atoms with van der Waals surface area (Å²) in [7, 11) is 0. The van der Waals surface area contributed by atoms with Gasteiger partial charge in [0.2, 0.25) is 5.91 Å². The van der Waals surface area contributed by atoms with E-state index in [1.807, 2.05) is 32.0 Å². The maximum Gasteiger partial charge on any atom is 0.222 e. The van der Waals surface area contributed by atoms with Gasteiger partial charge in [-0.1, -0.05) is 32.0 Å². The fourth-order valence-corrected chi connectivity index (χ4v) is 3.69. The van der Waals surface area contributed by atoms with Crippen molar-refractivity contribution in [2.24, 2.45) is 5.92 Å². The van der Waals surface area contributed by atoms with Gasteiger partial charge in [0.15, 0.2) is 5.82 Å². The summed E-state index contributed by atoms with van der Waals surface area (Å²) in [5.74, 6) is 1.44. The second-order valence-corrected chi connectivity index (χ2v) is 7.37. The Balaban J connectivity index is 1.65. The maximum atomic E-state index is 11.7. The van der Waals surface area contributed by atoms with Gasteiger partial charge in [-0.2, -0.15) is 0 Å². The molecule has 4 rings (SSSR count). The molecule has 7 nitrogen and oxygen atoms in total. The lowest BCUT2D eigenvalue weighted by molar-refractivity contribution is -0.123. The van der Waals surface area contributed by atoms with E-state index in [9.17, 15) is 4.79 Å². The van der Waals surface area contributed by atoms with Crippen molar-refractivity contribution in [1.82, 2.24) is 19.9 Å². The molecule has 0 aliphatic carbocycles. The number of nitrogens with two attached hydrogens (primary N) is 1. The number of carbonyl (C=O) groups excluding carboxylic acids is 1. The molecule has 0 bridgehead atoms. The van der Waals surface area contributed by atoms with Crippen LogP contribution in [0.5, 0.6) is 0 Å². The number of fused-ring (bicyclic) bond motifs is 5. The normalized spacial score (nSPS) is 16.8. The second-order valence-electron chi connectivity index (χ2n) is 7.37. The molecule has 142 valence electrons. The van der Waals surface area contributed by atoms with Crippen molar-refractivity contribution in [2.45, 2.75) is 39.3 Å². The van der Waals surface area contributed by atoms with Crippen LogP contribution in [0.3, 0.4) is 0 Å². The molecule has 0 radical (unpaired) electrons. The van der Waals surface area contributed by atoms with Crippen LogP contribution in [0.4, 0.5) is 5.82 Å². The number of carbonyl (C=O) groups is 1. The van der Waals surface area contributed by atoms with Crippen molar-refractivity contribution in [2.75, 3.05) is 18.9 Å². The summed E-state index contributed by atoms with van der Waals surface area (Å²) in [6.07, 6.45) is 1.78. The van der Waals surface area contributed by atoms with Crippen molar-refractivity contribution >= 4 is 33.7 Å². The SMILES string of the molecule is CC(C)C(=O)NCCC[C@@H]1COCc2nc3c(N)nc4ccccc4c3n21. The number of imidazole rings is 1. The number of anilines is 1. The summed E-state index contributed by atoms with van der Waals surface area (Å²) < 4.78 is 8.04. The monoisotopic (exact) mass is 367 g/mol. The fourth-order valence-electron chi connectivity index (χ4n) is 3.69. The third kappa shape index (κ3) is 3.23. The zero-order valence-electron chi connectivity index (χ0n) is 15.7. The fraction of sp³-hybridized carbons (Fsp3) is 0.450. The van der Waals surface area contributed by atoms with Crippen molar-refractivity contribution < 1.29 is 9.53 Å². The quantitative estimate of drug-likeness (QED) is 0.676. The van der Waals surface area contributed by atoms with Crippen LogP contribution in [0.25, 0.3) is 21.9 Å². The first-order chi connectivity index (χ1) is 13.1.